The Bertz CT molecular complexity index is 552. The molecule has 0 aliphatic carbocycles. The number of hydrogen-bond acceptors (Lipinski definition) is 4. The molecule has 8 heteroatoms. The highest BCUT2D eigenvalue weighted by molar-refractivity contribution is 9.10. The van der Waals surface area contributed by atoms with Gasteiger partial charge in [0.05, 0.1) is 11.7 Å². The van der Waals surface area contributed by atoms with Gasteiger partial charge >= 0.3 is 0 Å². The monoisotopic (exact) mass is 317 g/mol. The standard InChI is InChI=1S/C10H10BrF2N5/c1-18-9(10(11)16-17-18)8(15-14)5-2-3-6(12)7(13)4-5/h2-4,8,15H,14H2,1H3. The van der Waals surface area contributed by atoms with Gasteiger partial charge in [0.25, 0.3) is 0 Å². The zero-order valence-electron chi connectivity index (χ0n) is 9.36. The van der Waals surface area contributed by atoms with Gasteiger partial charge in [0, 0.05) is 7.05 Å². The molecule has 0 saturated carbocycles. The third-order valence-electron chi connectivity index (χ3n) is 2.54. The van der Waals surface area contributed by atoms with Crippen molar-refractivity contribution in [2.45, 2.75) is 6.04 Å². The highest BCUT2D eigenvalue weighted by Crippen LogP contribution is 2.26. The Labute approximate surface area is 110 Å². The summed E-state index contributed by atoms with van der Waals surface area (Å²) < 4.78 is 28.1. The van der Waals surface area contributed by atoms with Crippen molar-refractivity contribution in [2.24, 2.45) is 12.9 Å². The summed E-state index contributed by atoms with van der Waals surface area (Å²) in [5, 5.41) is 7.62. The second-order valence-corrected chi connectivity index (χ2v) is 4.41. The number of nitrogens with two attached hydrogens (primary N) is 1. The number of nitrogens with one attached hydrogen (secondary N) is 1. The molecule has 2 aromatic rings. The van der Waals surface area contributed by atoms with Crippen molar-refractivity contribution in [3.05, 3.63) is 45.7 Å². The highest BCUT2D eigenvalue weighted by atomic mass is 79.9. The van der Waals surface area contributed by atoms with E-state index in [2.05, 4.69) is 31.7 Å². The fourth-order valence-corrected chi connectivity index (χ4v) is 2.23. The maximum Gasteiger partial charge on any atom is 0.159 e. The molecule has 0 amide bonds. The number of halogens is 3. The van der Waals surface area contributed by atoms with Gasteiger partial charge in [-0.1, -0.05) is 11.3 Å². The van der Waals surface area contributed by atoms with Crippen molar-refractivity contribution >= 4 is 15.9 Å². The van der Waals surface area contributed by atoms with Gasteiger partial charge in [-0.2, -0.15) is 0 Å². The van der Waals surface area contributed by atoms with E-state index in [1.54, 1.807) is 7.05 Å². The molecule has 0 fully saturated rings. The normalized spacial score (nSPS) is 12.7. The van der Waals surface area contributed by atoms with Crippen LogP contribution < -0.4 is 11.3 Å². The molecule has 0 bridgehead atoms. The average Bonchev–Trinajstić information content (AvgIpc) is 2.66. The van der Waals surface area contributed by atoms with E-state index in [-0.39, 0.29) is 0 Å². The summed E-state index contributed by atoms with van der Waals surface area (Å²) in [4.78, 5) is 0. The zero-order valence-corrected chi connectivity index (χ0v) is 10.9. The van der Waals surface area contributed by atoms with Gasteiger partial charge in [-0.25, -0.2) is 18.9 Å². The summed E-state index contributed by atoms with van der Waals surface area (Å²) in [6, 6.07) is 3.03. The van der Waals surface area contributed by atoms with Crippen molar-refractivity contribution in [2.75, 3.05) is 0 Å². The number of benzene rings is 1. The molecule has 5 nitrogen and oxygen atoms in total. The number of aryl methyl sites for hydroxylation is 1. The van der Waals surface area contributed by atoms with E-state index >= 15 is 0 Å². The van der Waals surface area contributed by atoms with Crippen molar-refractivity contribution in [3.8, 4) is 0 Å². The Balaban J connectivity index is 2.48. The smallest absolute Gasteiger partial charge is 0.159 e. The topological polar surface area (TPSA) is 68.8 Å². The van der Waals surface area contributed by atoms with E-state index in [4.69, 9.17) is 5.84 Å². The first-order valence-electron chi connectivity index (χ1n) is 5.00. The molecule has 0 aliphatic rings. The minimum Gasteiger partial charge on any atom is -0.271 e. The van der Waals surface area contributed by atoms with Crippen molar-refractivity contribution in [1.82, 2.24) is 20.4 Å². The second kappa shape index (κ2) is 5.09. The predicted octanol–water partition coefficient (Wildman–Crippen LogP) is 1.41. The maximum absolute atomic E-state index is 13.2. The van der Waals surface area contributed by atoms with Gasteiger partial charge in [0.1, 0.15) is 0 Å². The van der Waals surface area contributed by atoms with Crippen LogP contribution in [0.15, 0.2) is 22.8 Å². The molecule has 1 unspecified atom stereocenters. The van der Waals surface area contributed by atoms with E-state index in [0.29, 0.717) is 15.9 Å². The van der Waals surface area contributed by atoms with Crippen LogP contribution in [0.1, 0.15) is 17.3 Å². The molecule has 0 radical (unpaired) electrons. The van der Waals surface area contributed by atoms with Gasteiger partial charge in [-0.05, 0) is 33.6 Å². The minimum atomic E-state index is -0.931. The zero-order chi connectivity index (χ0) is 13.3. The Morgan fingerprint density at radius 1 is 1.39 bits per heavy atom. The molecule has 18 heavy (non-hydrogen) atoms. The summed E-state index contributed by atoms with van der Waals surface area (Å²) >= 11 is 3.23. The van der Waals surface area contributed by atoms with Gasteiger partial charge in [0.2, 0.25) is 0 Å². The summed E-state index contributed by atoms with van der Waals surface area (Å²) in [6.45, 7) is 0. The molecule has 96 valence electrons. The van der Waals surface area contributed by atoms with E-state index in [9.17, 15) is 8.78 Å². The lowest BCUT2D eigenvalue weighted by Crippen LogP contribution is -2.30. The van der Waals surface area contributed by atoms with Crippen LogP contribution in [0.4, 0.5) is 8.78 Å². The lowest BCUT2D eigenvalue weighted by Gasteiger charge is -2.16. The van der Waals surface area contributed by atoms with Gasteiger partial charge in [-0.15, -0.1) is 5.10 Å². The lowest BCUT2D eigenvalue weighted by atomic mass is 10.0. The van der Waals surface area contributed by atoms with Gasteiger partial charge in [-0.3, -0.25) is 5.84 Å². The number of nitrogens with zero attached hydrogens (tertiary/aromatic N) is 3. The second-order valence-electron chi connectivity index (χ2n) is 3.66. The van der Waals surface area contributed by atoms with Crippen molar-refractivity contribution in [3.63, 3.8) is 0 Å². The van der Waals surface area contributed by atoms with Crippen LogP contribution in [0.25, 0.3) is 0 Å². The predicted molar refractivity (Wildman–Crippen MR) is 64.2 cm³/mol. The fourth-order valence-electron chi connectivity index (χ4n) is 1.67. The number of rotatable bonds is 3. The summed E-state index contributed by atoms with van der Waals surface area (Å²) in [5.74, 6) is 3.63. The average molecular weight is 318 g/mol. The van der Waals surface area contributed by atoms with Crippen LogP contribution in [0, 0.1) is 11.6 Å². The lowest BCUT2D eigenvalue weighted by molar-refractivity contribution is 0.501. The summed E-state index contributed by atoms with van der Waals surface area (Å²) in [5.41, 5.74) is 3.62. The largest absolute Gasteiger partial charge is 0.271 e. The quantitative estimate of drug-likeness (QED) is 0.663. The Morgan fingerprint density at radius 2 is 2.11 bits per heavy atom. The first-order valence-corrected chi connectivity index (χ1v) is 5.80. The van der Waals surface area contributed by atoms with Crippen LogP contribution in [0.5, 0.6) is 0 Å². The van der Waals surface area contributed by atoms with E-state index in [1.807, 2.05) is 0 Å². The molecule has 2 rings (SSSR count). The fraction of sp³-hybridized carbons (Fsp3) is 0.200. The number of hydrazine groups is 1. The van der Waals surface area contributed by atoms with Crippen LogP contribution in [-0.4, -0.2) is 15.0 Å². The first-order chi connectivity index (χ1) is 8.54. The number of hydrogen-bond donors (Lipinski definition) is 2. The molecule has 1 atom stereocenters. The molecular weight excluding hydrogens is 308 g/mol. The van der Waals surface area contributed by atoms with Crippen LogP contribution >= 0.6 is 15.9 Å². The Hall–Kier alpha value is -1.38. The first kappa shape index (κ1) is 13.1. The van der Waals surface area contributed by atoms with Crippen LogP contribution in [-0.2, 0) is 7.05 Å². The molecule has 0 spiro atoms. The van der Waals surface area contributed by atoms with Crippen LogP contribution in [0.3, 0.4) is 0 Å². The van der Waals surface area contributed by atoms with Crippen molar-refractivity contribution in [1.29, 1.82) is 0 Å². The summed E-state index contributed by atoms with van der Waals surface area (Å²) in [6.07, 6.45) is 0. The molecular formula is C10H10BrF2N5. The van der Waals surface area contributed by atoms with Crippen LogP contribution in [0.2, 0.25) is 0 Å². The maximum atomic E-state index is 13.2. The highest BCUT2D eigenvalue weighted by Gasteiger charge is 2.21. The summed E-state index contributed by atoms with van der Waals surface area (Å²) in [7, 11) is 1.68. The third-order valence-corrected chi connectivity index (χ3v) is 3.11. The van der Waals surface area contributed by atoms with Gasteiger partial charge in [0.15, 0.2) is 16.2 Å². The van der Waals surface area contributed by atoms with E-state index in [0.717, 1.165) is 12.1 Å². The van der Waals surface area contributed by atoms with Crippen molar-refractivity contribution < 1.29 is 8.78 Å². The molecule has 1 aromatic carbocycles. The van der Waals surface area contributed by atoms with Gasteiger partial charge < -0.3 is 0 Å². The Morgan fingerprint density at radius 3 is 2.61 bits per heavy atom. The molecule has 1 aromatic heterocycles. The third kappa shape index (κ3) is 2.26. The molecule has 1 heterocycles. The number of aromatic nitrogens is 3. The van der Waals surface area contributed by atoms with E-state index in [1.165, 1.54) is 10.7 Å². The molecule has 3 N–H and O–H groups in total. The van der Waals surface area contributed by atoms with E-state index < -0.39 is 17.7 Å². The molecule has 0 aliphatic heterocycles. The SMILES string of the molecule is Cn1nnc(Br)c1C(NN)c1ccc(F)c(F)c1. The minimum absolute atomic E-state index is 0.475. The molecule has 0 saturated heterocycles. The Kier molecular flexibility index (Phi) is 3.69.